The van der Waals surface area contributed by atoms with Crippen molar-refractivity contribution in [1.29, 1.82) is 0 Å². The number of aromatic nitrogens is 1. The lowest BCUT2D eigenvalue weighted by molar-refractivity contribution is -0.169. The van der Waals surface area contributed by atoms with Gasteiger partial charge in [0.25, 0.3) is 0 Å². The second-order valence-electron chi connectivity index (χ2n) is 28.0. The Morgan fingerprint density at radius 1 is 0.814 bits per heavy atom. The normalized spacial score (nSPS) is 40.0. The van der Waals surface area contributed by atoms with E-state index in [9.17, 15) is 35.7 Å². The molecule has 2 spiro atoms. The van der Waals surface area contributed by atoms with Crippen LogP contribution >= 0.6 is 21.6 Å². The first-order valence-corrected chi connectivity index (χ1v) is 35.2. The molecule has 3 aromatic carbocycles. The maximum atomic E-state index is 13.2. The van der Waals surface area contributed by atoms with Crippen LogP contribution in [-0.2, 0) is 25.7 Å². The molecule has 14 rings (SSSR count). The molecule has 3 saturated carbocycles. The van der Waals surface area contributed by atoms with E-state index in [-0.39, 0.29) is 70.9 Å². The Morgan fingerprint density at radius 2 is 1.65 bits per heavy atom. The molecule has 2 aliphatic heterocycles. The van der Waals surface area contributed by atoms with Gasteiger partial charge in [0.05, 0.1) is 30.5 Å². The molecule has 4 aromatic rings. The van der Waals surface area contributed by atoms with Gasteiger partial charge in [-0.3, -0.25) is 0 Å². The predicted octanol–water partition coefficient (Wildman–Crippen LogP) is 10.5. The molecule has 0 unspecified atom stereocenters. The number of benzene rings is 3. The van der Waals surface area contributed by atoms with Crippen molar-refractivity contribution < 1.29 is 40.5 Å². The van der Waals surface area contributed by atoms with Gasteiger partial charge in [-0.25, -0.2) is 0 Å². The van der Waals surface area contributed by atoms with Crippen LogP contribution in [0.25, 0.3) is 0 Å². The first-order chi connectivity index (χ1) is 41.8. The number of allylic oxidation sites excluding steroid dienone is 5. The van der Waals surface area contributed by atoms with Crippen molar-refractivity contribution in [2.75, 3.05) is 24.7 Å². The van der Waals surface area contributed by atoms with Gasteiger partial charge in [-0.1, -0.05) is 131 Å². The van der Waals surface area contributed by atoms with Crippen LogP contribution < -0.4 is 15.8 Å². The number of nitrogens with two attached hydrogens (primary N) is 1. The Labute approximate surface area is 516 Å². The second-order valence-corrected chi connectivity index (χ2v) is 30.5. The highest BCUT2D eigenvalue weighted by molar-refractivity contribution is 8.76. The lowest BCUT2D eigenvalue weighted by Gasteiger charge is -2.65. The summed E-state index contributed by atoms with van der Waals surface area (Å²) in [4.78, 5) is 3.39. The number of H-pyrrole nitrogens is 1. The van der Waals surface area contributed by atoms with Crippen LogP contribution in [0.15, 0.2) is 132 Å². The van der Waals surface area contributed by atoms with E-state index in [0.29, 0.717) is 93.5 Å². The Kier molecular flexibility index (Phi) is 16.5. The highest BCUT2D eigenvalue weighted by Crippen LogP contribution is 2.71. The number of aromatic amines is 1. The zero-order chi connectivity index (χ0) is 59.0. The minimum atomic E-state index is -1.08. The molecule has 11 N–H and O–H groups in total. The molecular weight excluding hydrogens is 1110 g/mol. The monoisotopic (exact) mass is 1200 g/mol. The maximum absolute atomic E-state index is 13.2. The van der Waals surface area contributed by atoms with Gasteiger partial charge >= 0.3 is 0 Å². The Hall–Kier alpha value is -4.88. The average Bonchev–Trinajstić information content (AvgIpc) is 1.04. The molecule has 86 heavy (non-hydrogen) atoms. The zero-order valence-electron chi connectivity index (χ0n) is 49.7. The van der Waals surface area contributed by atoms with Crippen LogP contribution in [0, 0.1) is 87.8 Å². The van der Waals surface area contributed by atoms with Gasteiger partial charge in [-0.2, -0.15) is 0 Å². The first kappa shape index (κ1) is 58.8. The fraction of sp³-hybridized carbons (Fsp3) is 0.562. The Bertz CT molecular complexity index is 3320. The second kappa shape index (κ2) is 24.1. The fourth-order valence-corrected chi connectivity index (χ4v) is 22.5. The lowest BCUT2D eigenvalue weighted by atomic mass is 9.39. The van der Waals surface area contributed by atoms with E-state index in [1.807, 2.05) is 24.4 Å². The van der Waals surface area contributed by atoms with E-state index in [4.69, 9.17) is 10.5 Å². The molecule has 21 atom stereocenters. The summed E-state index contributed by atoms with van der Waals surface area (Å²) >= 11 is 0. The smallest absolute Gasteiger partial charge is 0.161 e. The minimum Gasteiger partial charge on any atom is -0.504 e. The summed E-state index contributed by atoms with van der Waals surface area (Å²) in [5, 5.41) is 90.1. The number of hydrogen-bond acceptors (Lipinski definition) is 12. The van der Waals surface area contributed by atoms with Gasteiger partial charge in [-0.15, -0.1) is 0 Å². The molecule has 1 saturated heterocycles. The number of fused-ring (bicyclic) bond motifs is 7. The Morgan fingerprint density at radius 3 is 2.47 bits per heavy atom. The van der Waals surface area contributed by atoms with Crippen molar-refractivity contribution in [3.63, 3.8) is 0 Å². The highest BCUT2D eigenvalue weighted by Gasteiger charge is 2.66. The topological polar surface area (TPSA) is 205 Å². The van der Waals surface area contributed by atoms with Crippen molar-refractivity contribution in [3.8, 4) is 23.3 Å². The van der Waals surface area contributed by atoms with Gasteiger partial charge in [0.1, 0.15) is 11.9 Å². The molecule has 13 heteroatoms. The van der Waals surface area contributed by atoms with Crippen molar-refractivity contribution in [2.45, 2.75) is 152 Å². The average molecular weight is 1200 g/mol. The van der Waals surface area contributed by atoms with E-state index in [1.165, 1.54) is 41.5 Å². The molecule has 1 aromatic heterocycles. The number of ether oxygens (including phenoxy) is 1. The number of nitrogens with one attached hydrogen (secondary N) is 2. The number of aromatic hydroxyl groups is 1. The molecule has 0 amide bonds. The van der Waals surface area contributed by atoms with Crippen LogP contribution in [0.3, 0.4) is 0 Å². The van der Waals surface area contributed by atoms with Crippen molar-refractivity contribution in [3.05, 3.63) is 165 Å². The van der Waals surface area contributed by atoms with Gasteiger partial charge in [-0.05, 0) is 200 Å². The molecule has 10 aliphatic rings. The van der Waals surface area contributed by atoms with Gasteiger partial charge < -0.3 is 56.5 Å². The van der Waals surface area contributed by atoms with E-state index in [0.717, 1.165) is 47.2 Å². The van der Waals surface area contributed by atoms with Gasteiger partial charge in [0.15, 0.2) is 11.5 Å². The van der Waals surface area contributed by atoms with Gasteiger partial charge in [0.2, 0.25) is 0 Å². The van der Waals surface area contributed by atoms with Crippen molar-refractivity contribution in [1.82, 2.24) is 10.3 Å². The number of hydrogen-bond donors (Lipinski definition) is 10. The number of phenolic OH excluding ortho intramolecular Hbond substituents is 1. The van der Waals surface area contributed by atoms with E-state index < -0.39 is 59.8 Å². The SMILES string of the molecule is CC[C@H]1Cc2cc(O)c(O[C@@H]3C[C@H](Cc4ccc[nH]4)C4=CCNC(N)=C4CSSC[C@H](CO)[C@H]3O)cc2[C@H]2C[C@@H](O)[C@@H]3[C@@H](C#C[C@@]4(C[C@@H](O)CC[C@@H]3O)C[C@@H](c3ccccc3)[C@@H]3Cc5ccccc5C[C@]56CCC[C@@H]5C=C[C@@H]5C[C@H](O)[C@H]4[C@@H]3[C@H]56)C=C12. The number of dihydropyridines is 1. The summed E-state index contributed by atoms with van der Waals surface area (Å²) in [7, 11) is 3.26. The molecular formula is C73H89N3O8S2. The molecule has 0 bridgehead atoms. The van der Waals surface area contributed by atoms with E-state index >= 15 is 0 Å². The standard InChI is InChI=1S/C73H89N3O8S2/c1-2-41-26-47-31-61(80)64(84-65-32-48(27-51-15-9-24-75-51)53-21-25-76-71(74)59(53)40-86-85-39-49(38-77)70(65)83)34-55(47)56-33-62(81)66-44(29-54(41)56)20-23-72(36-52(78)18-19-60(66)79)37-58(42-10-4-3-5-11-42)57-28-43-12-6-7-13-46(43)35-73-22-8-14-50(73)17-16-45-30-63(82)69(72)67(57)68(45)73/h3-7,9-13,15-17,21,24,29,31,34,41,44-45,48-50,52,56-58,60,62-63,65-70,75-83H,2,8,14,18-19,22,25-28,30,32-33,35-40,74H2,1H3/t41-,44-,45+,48-,49-,50+,52-,56-,57-,58-,60-,62+,63-,65+,66+,67-,68-,69-,70+,72+,73+/m0/s1. The molecule has 3 heterocycles. The highest BCUT2D eigenvalue weighted by atomic mass is 33.1. The van der Waals surface area contributed by atoms with Crippen LogP contribution in [0.2, 0.25) is 0 Å². The summed E-state index contributed by atoms with van der Waals surface area (Å²) in [5.74, 6) is 9.44. The van der Waals surface area contributed by atoms with Crippen LogP contribution in [0.5, 0.6) is 11.5 Å². The third-order valence-electron chi connectivity index (χ3n) is 23.7. The molecule has 8 aliphatic carbocycles. The third kappa shape index (κ3) is 10.5. The van der Waals surface area contributed by atoms with Crippen LogP contribution in [-0.4, -0.2) is 102 Å². The predicted molar refractivity (Wildman–Crippen MR) is 341 cm³/mol. The van der Waals surface area contributed by atoms with E-state index in [1.54, 1.807) is 21.6 Å². The van der Waals surface area contributed by atoms with Crippen molar-refractivity contribution >= 4 is 21.6 Å². The summed E-state index contributed by atoms with van der Waals surface area (Å²) in [6, 6.07) is 28.1. The lowest BCUT2D eigenvalue weighted by Crippen LogP contribution is -2.63. The molecule has 4 fully saturated rings. The summed E-state index contributed by atoms with van der Waals surface area (Å²) < 4.78 is 7.04. The van der Waals surface area contributed by atoms with E-state index in [2.05, 4.69) is 114 Å². The first-order valence-electron chi connectivity index (χ1n) is 32.7. The molecule has 0 radical (unpaired) electrons. The number of rotatable bonds is 7. The third-order valence-corrected chi connectivity index (χ3v) is 26.1. The summed E-state index contributed by atoms with van der Waals surface area (Å²) in [6.45, 7) is 2.54. The number of aliphatic hydroxyl groups excluding tert-OH is 6. The summed E-state index contributed by atoms with van der Waals surface area (Å²) in [5.41, 5.74) is 16.5. The minimum absolute atomic E-state index is 0.0230. The zero-order valence-corrected chi connectivity index (χ0v) is 51.4. The van der Waals surface area contributed by atoms with Crippen LogP contribution in [0.1, 0.15) is 123 Å². The van der Waals surface area contributed by atoms with Crippen molar-refractivity contribution in [2.24, 2.45) is 81.7 Å². The fourth-order valence-electron chi connectivity index (χ4n) is 20.0. The number of aliphatic hydroxyl groups is 6. The van der Waals surface area contributed by atoms with Gasteiger partial charge in [0, 0.05) is 77.1 Å². The molecule has 456 valence electrons. The van der Waals surface area contributed by atoms with Crippen LogP contribution in [0.4, 0.5) is 0 Å². The number of phenols is 1. The Balaban J connectivity index is 0.868. The quantitative estimate of drug-likeness (QED) is 0.0477. The summed E-state index contributed by atoms with van der Waals surface area (Å²) in [6.07, 6.45) is 17.1. The molecule has 11 nitrogen and oxygen atoms in total. The maximum Gasteiger partial charge on any atom is 0.161 e. The largest absolute Gasteiger partial charge is 0.504 e.